The third-order valence-corrected chi connectivity index (χ3v) is 3.40. The van der Waals surface area contributed by atoms with Crippen LogP contribution in [0.15, 0.2) is 40.9 Å². The molecule has 4 heteroatoms. The van der Waals surface area contributed by atoms with Crippen LogP contribution in [0.5, 0.6) is 11.5 Å². The Bertz CT molecular complexity index is 599. The molecule has 0 aliphatic rings. The van der Waals surface area contributed by atoms with Crippen molar-refractivity contribution in [1.29, 1.82) is 0 Å². The van der Waals surface area contributed by atoms with Crippen molar-refractivity contribution in [2.24, 2.45) is 5.73 Å². The monoisotopic (exact) mass is 323 g/mol. The number of nitrogens with two attached hydrogens (primary N) is 1. The predicted octanol–water partition coefficient (Wildman–Crippen LogP) is 4.71. The summed E-state index contributed by atoms with van der Waals surface area (Å²) in [5, 5.41) is 0. The molecule has 2 aromatic carbocycles. The number of aryl methyl sites for hydroxylation is 1. The molecule has 0 fully saturated rings. The van der Waals surface area contributed by atoms with E-state index in [1.165, 1.54) is 6.07 Å². The van der Waals surface area contributed by atoms with E-state index in [4.69, 9.17) is 10.5 Å². The summed E-state index contributed by atoms with van der Waals surface area (Å²) in [7, 11) is 0. The average Bonchev–Trinajstić information content (AvgIpc) is 2.32. The molecule has 0 bridgehead atoms. The Balaban J connectivity index is 2.41. The molecule has 2 aromatic rings. The van der Waals surface area contributed by atoms with Crippen LogP contribution >= 0.6 is 15.9 Å². The Morgan fingerprint density at radius 2 is 1.95 bits per heavy atom. The van der Waals surface area contributed by atoms with E-state index >= 15 is 0 Å². The van der Waals surface area contributed by atoms with Gasteiger partial charge in [0.15, 0.2) is 0 Å². The lowest BCUT2D eigenvalue weighted by atomic mass is 10.1. The fourth-order valence-corrected chi connectivity index (χ4v) is 2.43. The summed E-state index contributed by atoms with van der Waals surface area (Å²) in [5.74, 6) is 0.730. The molecular weight excluding hydrogens is 309 g/mol. The lowest BCUT2D eigenvalue weighted by Gasteiger charge is -2.15. The topological polar surface area (TPSA) is 35.2 Å². The Morgan fingerprint density at radius 3 is 2.58 bits per heavy atom. The molecule has 0 aliphatic carbocycles. The van der Waals surface area contributed by atoms with Gasteiger partial charge in [-0.1, -0.05) is 12.1 Å². The summed E-state index contributed by atoms with van der Waals surface area (Å²) >= 11 is 3.43. The normalized spacial score (nSPS) is 12.3. The molecule has 19 heavy (non-hydrogen) atoms. The first-order valence-corrected chi connectivity index (χ1v) is 6.76. The highest BCUT2D eigenvalue weighted by molar-refractivity contribution is 9.10. The predicted molar refractivity (Wildman–Crippen MR) is 78.0 cm³/mol. The minimum Gasteiger partial charge on any atom is -0.456 e. The Morgan fingerprint density at radius 1 is 1.21 bits per heavy atom. The molecule has 0 aromatic heterocycles. The van der Waals surface area contributed by atoms with Gasteiger partial charge in [-0.05, 0) is 59.6 Å². The Kier molecular flexibility index (Phi) is 4.22. The van der Waals surface area contributed by atoms with Gasteiger partial charge in [0.05, 0.1) is 4.47 Å². The molecule has 2 N–H and O–H groups in total. The summed E-state index contributed by atoms with van der Waals surface area (Å²) in [6.07, 6.45) is 0. The van der Waals surface area contributed by atoms with E-state index in [9.17, 15) is 4.39 Å². The van der Waals surface area contributed by atoms with Crippen molar-refractivity contribution in [2.75, 3.05) is 0 Å². The van der Waals surface area contributed by atoms with Gasteiger partial charge in [0.1, 0.15) is 17.3 Å². The first-order valence-electron chi connectivity index (χ1n) is 5.97. The molecule has 0 aliphatic heterocycles. The lowest BCUT2D eigenvalue weighted by Crippen LogP contribution is -2.09. The fourth-order valence-electron chi connectivity index (χ4n) is 1.86. The van der Waals surface area contributed by atoms with Crippen molar-refractivity contribution in [3.63, 3.8) is 0 Å². The number of halogens is 2. The SMILES string of the molecule is Cc1ccc(Oc2cccc(F)c2[C@H](C)N)c(Br)c1. The van der Waals surface area contributed by atoms with Crippen LogP contribution in [0.25, 0.3) is 0 Å². The maximum Gasteiger partial charge on any atom is 0.141 e. The zero-order chi connectivity index (χ0) is 14.0. The highest BCUT2D eigenvalue weighted by Crippen LogP contribution is 2.34. The molecule has 2 nitrogen and oxygen atoms in total. The third-order valence-electron chi connectivity index (χ3n) is 2.78. The molecule has 0 radical (unpaired) electrons. The van der Waals surface area contributed by atoms with E-state index < -0.39 is 6.04 Å². The largest absolute Gasteiger partial charge is 0.456 e. The molecule has 1 atom stereocenters. The molecule has 100 valence electrons. The quantitative estimate of drug-likeness (QED) is 0.887. The van der Waals surface area contributed by atoms with Crippen molar-refractivity contribution < 1.29 is 9.13 Å². The maximum absolute atomic E-state index is 13.8. The van der Waals surface area contributed by atoms with Crippen molar-refractivity contribution in [3.05, 3.63) is 57.8 Å². The van der Waals surface area contributed by atoms with Gasteiger partial charge < -0.3 is 10.5 Å². The van der Waals surface area contributed by atoms with E-state index in [1.54, 1.807) is 19.1 Å². The van der Waals surface area contributed by atoms with E-state index in [2.05, 4.69) is 15.9 Å². The van der Waals surface area contributed by atoms with Gasteiger partial charge in [0.25, 0.3) is 0 Å². The van der Waals surface area contributed by atoms with Crippen LogP contribution < -0.4 is 10.5 Å². The highest BCUT2D eigenvalue weighted by Gasteiger charge is 2.15. The second kappa shape index (κ2) is 5.72. The van der Waals surface area contributed by atoms with E-state index in [0.29, 0.717) is 17.1 Å². The average molecular weight is 324 g/mol. The van der Waals surface area contributed by atoms with Gasteiger partial charge in [-0.3, -0.25) is 0 Å². The second-order valence-electron chi connectivity index (χ2n) is 4.48. The molecular formula is C15H15BrFNO. The second-order valence-corrected chi connectivity index (χ2v) is 5.33. The van der Waals surface area contributed by atoms with Crippen molar-refractivity contribution in [1.82, 2.24) is 0 Å². The van der Waals surface area contributed by atoms with Crippen molar-refractivity contribution in [2.45, 2.75) is 19.9 Å². The first kappa shape index (κ1) is 14.0. The van der Waals surface area contributed by atoms with Gasteiger partial charge in [0, 0.05) is 11.6 Å². The van der Waals surface area contributed by atoms with Crippen LogP contribution in [0.4, 0.5) is 4.39 Å². The van der Waals surface area contributed by atoms with Crippen LogP contribution in [0.1, 0.15) is 24.1 Å². The summed E-state index contributed by atoms with van der Waals surface area (Å²) in [6.45, 7) is 3.72. The number of ether oxygens (including phenoxy) is 1. The van der Waals surface area contributed by atoms with E-state index in [-0.39, 0.29) is 5.82 Å². The summed E-state index contributed by atoms with van der Waals surface area (Å²) in [6, 6.07) is 10.0. The third kappa shape index (κ3) is 3.14. The van der Waals surface area contributed by atoms with Crippen LogP contribution in [0.3, 0.4) is 0 Å². The highest BCUT2D eigenvalue weighted by atomic mass is 79.9. The minimum absolute atomic E-state index is 0.351. The Hall–Kier alpha value is -1.39. The van der Waals surface area contributed by atoms with Gasteiger partial charge in [-0.25, -0.2) is 4.39 Å². The van der Waals surface area contributed by atoms with Gasteiger partial charge in [0.2, 0.25) is 0 Å². The lowest BCUT2D eigenvalue weighted by molar-refractivity contribution is 0.458. The van der Waals surface area contributed by atoms with E-state index in [1.807, 2.05) is 25.1 Å². The zero-order valence-electron chi connectivity index (χ0n) is 10.8. The smallest absolute Gasteiger partial charge is 0.141 e. The number of benzene rings is 2. The standard InChI is InChI=1S/C15H15BrFNO/c1-9-6-7-13(11(16)8-9)19-14-5-3-4-12(17)15(14)10(2)18/h3-8,10H,18H2,1-2H3/t10-/m0/s1. The van der Waals surface area contributed by atoms with Gasteiger partial charge in [-0.15, -0.1) is 0 Å². The van der Waals surface area contributed by atoms with Crippen molar-refractivity contribution >= 4 is 15.9 Å². The number of rotatable bonds is 3. The molecule has 0 amide bonds. The summed E-state index contributed by atoms with van der Waals surface area (Å²) in [5.41, 5.74) is 7.30. The van der Waals surface area contributed by atoms with Crippen LogP contribution in [-0.2, 0) is 0 Å². The molecule has 0 saturated carbocycles. The number of hydrogen-bond donors (Lipinski definition) is 1. The van der Waals surface area contributed by atoms with Crippen LogP contribution in [0, 0.1) is 12.7 Å². The summed E-state index contributed by atoms with van der Waals surface area (Å²) < 4.78 is 20.4. The van der Waals surface area contributed by atoms with Crippen LogP contribution in [-0.4, -0.2) is 0 Å². The molecule has 0 saturated heterocycles. The minimum atomic E-state index is -0.430. The van der Waals surface area contributed by atoms with Crippen LogP contribution in [0.2, 0.25) is 0 Å². The molecule has 0 unspecified atom stereocenters. The molecule has 0 spiro atoms. The van der Waals surface area contributed by atoms with Gasteiger partial charge in [-0.2, -0.15) is 0 Å². The summed E-state index contributed by atoms with van der Waals surface area (Å²) in [4.78, 5) is 0. The molecule has 2 rings (SSSR count). The van der Waals surface area contributed by atoms with Crippen molar-refractivity contribution in [3.8, 4) is 11.5 Å². The fraction of sp³-hybridized carbons (Fsp3) is 0.200. The Labute approximate surface area is 120 Å². The number of hydrogen-bond acceptors (Lipinski definition) is 2. The zero-order valence-corrected chi connectivity index (χ0v) is 12.4. The van der Waals surface area contributed by atoms with E-state index in [0.717, 1.165) is 10.0 Å². The molecule has 0 heterocycles. The van der Waals surface area contributed by atoms with Gasteiger partial charge >= 0.3 is 0 Å². The maximum atomic E-state index is 13.8. The first-order chi connectivity index (χ1) is 8.99.